The molecule has 0 radical (unpaired) electrons. The fourth-order valence-corrected chi connectivity index (χ4v) is 1.68. The Labute approximate surface area is 114 Å². The Morgan fingerprint density at radius 2 is 1.79 bits per heavy atom. The van der Waals surface area contributed by atoms with Gasteiger partial charge in [0.2, 0.25) is 0 Å². The first-order valence-electron chi connectivity index (χ1n) is 5.92. The van der Waals surface area contributed by atoms with Crippen molar-refractivity contribution < 1.29 is 18.0 Å². The third-order valence-electron chi connectivity index (χ3n) is 2.54. The van der Waals surface area contributed by atoms with Gasteiger partial charge in [-0.1, -0.05) is 12.1 Å². The van der Waals surface area contributed by atoms with Crippen LogP contribution in [-0.2, 0) is 5.88 Å². The second-order valence-corrected chi connectivity index (χ2v) is 4.43. The zero-order chi connectivity index (χ0) is 14.3. The van der Waals surface area contributed by atoms with E-state index in [0.29, 0.717) is 17.9 Å². The van der Waals surface area contributed by atoms with Crippen molar-refractivity contribution in [2.75, 3.05) is 6.54 Å². The van der Waals surface area contributed by atoms with Gasteiger partial charge in [0, 0.05) is 24.4 Å². The molecule has 0 heterocycles. The van der Waals surface area contributed by atoms with Crippen molar-refractivity contribution >= 4 is 17.5 Å². The Morgan fingerprint density at radius 1 is 1.16 bits per heavy atom. The van der Waals surface area contributed by atoms with E-state index >= 15 is 0 Å². The average Bonchev–Trinajstić information content (AvgIpc) is 2.37. The van der Waals surface area contributed by atoms with Crippen LogP contribution < -0.4 is 5.32 Å². The van der Waals surface area contributed by atoms with Crippen LogP contribution in [0, 0.1) is 0 Å². The number of hydrogen-bond donors (Lipinski definition) is 1. The Morgan fingerprint density at radius 3 is 2.32 bits per heavy atom. The molecule has 0 saturated carbocycles. The number of carbonyl (C=O) groups excluding carboxylic acids is 1. The minimum atomic E-state index is -4.12. The summed E-state index contributed by atoms with van der Waals surface area (Å²) in [7, 11) is 0. The van der Waals surface area contributed by atoms with Crippen LogP contribution in [0.4, 0.5) is 13.2 Å². The highest BCUT2D eigenvalue weighted by Crippen LogP contribution is 2.21. The number of carbonyl (C=O) groups is 1. The van der Waals surface area contributed by atoms with Gasteiger partial charge in [0.25, 0.3) is 5.91 Å². The molecule has 1 rings (SSSR count). The molecular weight excluding hydrogens is 279 g/mol. The average molecular weight is 294 g/mol. The maximum Gasteiger partial charge on any atom is 0.389 e. The molecule has 0 aliphatic rings. The van der Waals surface area contributed by atoms with Crippen LogP contribution in [0.5, 0.6) is 0 Å². The predicted molar refractivity (Wildman–Crippen MR) is 68.2 cm³/mol. The number of amides is 1. The van der Waals surface area contributed by atoms with E-state index in [0.717, 1.165) is 5.56 Å². The van der Waals surface area contributed by atoms with Crippen LogP contribution in [0.15, 0.2) is 24.3 Å². The van der Waals surface area contributed by atoms with Gasteiger partial charge >= 0.3 is 6.18 Å². The normalized spacial score (nSPS) is 11.4. The zero-order valence-corrected chi connectivity index (χ0v) is 11.0. The standard InChI is InChI=1S/C13H15ClF3NO/c14-9-10-3-5-11(6-4-10)12(19)18-8-2-1-7-13(15,16)17/h3-6H,1-2,7-9H2,(H,18,19). The molecule has 19 heavy (non-hydrogen) atoms. The lowest BCUT2D eigenvalue weighted by atomic mass is 10.1. The number of hydrogen-bond acceptors (Lipinski definition) is 1. The second kappa shape index (κ2) is 7.38. The largest absolute Gasteiger partial charge is 0.389 e. The smallest absolute Gasteiger partial charge is 0.352 e. The van der Waals surface area contributed by atoms with Gasteiger partial charge in [-0.15, -0.1) is 11.6 Å². The summed E-state index contributed by atoms with van der Waals surface area (Å²) >= 11 is 5.62. The van der Waals surface area contributed by atoms with E-state index in [4.69, 9.17) is 11.6 Å². The maximum absolute atomic E-state index is 11.9. The molecule has 0 aliphatic heterocycles. The zero-order valence-electron chi connectivity index (χ0n) is 10.3. The molecule has 0 spiro atoms. The number of halogens is 4. The van der Waals surface area contributed by atoms with Gasteiger partial charge in [-0.25, -0.2) is 0 Å². The number of rotatable bonds is 6. The van der Waals surface area contributed by atoms with E-state index in [1.54, 1.807) is 24.3 Å². The molecule has 0 fully saturated rings. The molecule has 0 aromatic heterocycles. The molecule has 0 saturated heterocycles. The second-order valence-electron chi connectivity index (χ2n) is 4.16. The minimum absolute atomic E-state index is 0.0228. The molecule has 1 amide bonds. The number of alkyl halides is 4. The van der Waals surface area contributed by atoms with E-state index in [1.807, 2.05) is 0 Å². The lowest BCUT2D eigenvalue weighted by molar-refractivity contribution is -0.135. The predicted octanol–water partition coefficient (Wildman–Crippen LogP) is 3.89. The topological polar surface area (TPSA) is 29.1 Å². The van der Waals surface area contributed by atoms with Crippen molar-refractivity contribution in [2.24, 2.45) is 0 Å². The molecule has 0 atom stereocenters. The molecule has 6 heteroatoms. The summed E-state index contributed by atoms with van der Waals surface area (Å²) in [4.78, 5) is 11.6. The van der Waals surface area contributed by atoms with E-state index < -0.39 is 12.6 Å². The van der Waals surface area contributed by atoms with Gasteiger partial charge in [0.1, 0.15) is 0 Å². The molecule has 2 nitrogen and oxygen atoms in total. The third kappa shape index (κ3) is 6.47. The van der Waals surface area contributed by atoms with Gasteiger partial charge in [0.15, 0.2) is 0 Å². The highest BCUT2D eigenvalue weighted by atomic mass is 35.5. The van der Waals surface area contributed by atoms with Gasteiger partial charge in [-0.2, -0.15) is 13.2 Å². The van der Waals surface area contributed by atoms with Crippen LogP contribution in [0.25, 0.3) is 0 Å². The first-order chi connectivity index (χ1) is 8.92. The Hall–Kier alpha value is -1.23. The van der Waals surface area contributed by atoms with Gasteiger partial charge < -0.3 is 5.32 Å². The third-order valence-corrected chi connectivity index (χ3v) is 2.85. The van der Waals surface area contributed by atoms with Crippen molar-refractivity contribution in [1.82, 2.24) is 5.32 Å². The summed E-state index contributed by atoms with van der Waals surface area (Å²) in [6.07, 6.45) is -4.60. The number of nitrogens with one attached hydrogen (secondary N) is 1. The Kier molecular flexibility index (Phi) is 6.15. The van der Waals surface area contributed by atoms with Crippen LogP contribution in [-0.4, -0.2) is 18.6 Å². The first kappa shape index (κ1) is 15.8. The Bertz CT molecular complexity index is 403. The monoisotopic (exact) mass is 293 g/mol. The van der Waals surface area contributed by atoms with Gasteiger partial charge in [-0.05, 0) is 30.5 Å². The van der Waals surface area contributed by atoms with Crippen LogP contribution >= 0.6 is 11.6 Å². The molecule has 1 aromatic carbocycles. The summed E-state index contributed by atoms with van der Waals surface area (Å²) in [6.45, 7) is 0.242. The van der Waals surface area contributed by atoms with Crippen molar-refractivity contribution in [3.63, 3.8) is 0 Å². The van der Waals surface area contributed by atoms with E-state index in [9.17, 15) is 18.0 Å². The van der Waals surface area contributed by atoms with E-state index in [2.05, 4.69) is 5.32 Å². The fraction of sp³-hybridized carbons (Fsp3) is 0.462. The summed E-state index contributed by atoms with van der Waals surface area (Å²) in [5.41, 5.74) is 1.38. The fourth-order valence-electron chi connectivity index (χ4n) is 1.50. The molecule has 1 N–H and O–H groups in total. The lowest BCUT2D eigenvalue weighted by Crippen LogP contribution is -2.24. The quantitative estimate of drug-likeness (QED) is 0.626. The molecular formula is C13H15ClF3NO. The maximum atomic E-state index is 11.9. The van der Waals surface area contributed by atoms with Crippen LogP contribution in [0.3, 0.4) is 0 Å². The van der Waals surface area contributed by atoms with Crippen molar-refractivity contribution in [3.05, 3.63) is 35.4 Å². The van der Waals surface area contributed by atoms with Gasteiger partial charge in [0.05, 0.1) is 0 Å². The van der Waals surface area contributed by atoms with Crippen molar-refractivity contribution in [2.45, 2.75) is 31.3 Å². The highest BCUT2D eigenvalue weighted by molar-refractivity contribution is 6.17. The van der Waals surface area contributed by atoms with Crippen molar-refractivity contribution in [1.29, 1.82) is 0 Å². The van der Waals surface area contributed by atoms with E-state index in [-0.39, 0.29) is 18.9 Å². The van der Waals surface area contributed by atoms with Crippen molar-refractivity contribution in [3.8, 4) is 0 Å². The summed E-state index contributed by atoms with van der Waals surface area (Å²) in [5.74, 6) is 0.0902. The van der Waals surface area contributed by atoms with Gasteiger partial charge in [-0.3, -0.25) is 4.79 Å². The van der Waals surface area contributed by atoms with Crippen LogP contribution in [0.1, 0.15) is 35.2 Å². The number of unbranched alkanes of at least 4 members (excludes halogenated alkanes) is 1. The summed E-state index contributed by atoms with van der Waals surface area (Å²) < 4.78 is 35.6. The molecule has 0 bridgehead atoms. The van der Waals surface area contributed by atoms with Crippen LogP contribution in [0.2, 0.25) is 0 Å². The SMILES string of the molecule is O=C(NCCCCC(F)(F)F)c1ccc(CCl)cc1. The lowest BCUT2D eigenvalue weighted by Gasteiger charge is -2.07. The summed E-state index contributed by atoms with van der Waals surface area (Å²) in [6, 6.07) is 6.77. The Balaban J connectivity index is 2.27. The number of benzene rings is 1. The first-order valence-corrected chi connectivity index (χ1v) is 6.45. The highest BCUT2D eigenvalue weighted by Gasteiger charge is 2.25. The molecule has 0 aliphatic carbocycles. The molecule has 106 valence electrons. The van der Waals surface area contributed by atoms with E-state index in [1.165, 1.54) is 0 Å². The minimum Gasteiger partial charge on any atom is -0.352 e. The summed E-state index contributed by atoms with van der Waals surface area (Å²) in [5, 5.41) is 2.58. The molecule has 1 aromatic rings. The molecule has 0 unspecified atom stereocenters.